The van der Waals surface area contributed by atoms with Gasteiger partial charge in [0.15, 0.2) is 0 Å². The predicted molar refractivity (Wildman–Crippen MR) is 81.2 cm³/mol. The first-order valence-corrected chi connectivity index (χ1v) is 7.33. The topological polar surface area (TPSA) is 41.6 Å². The van der Waals surface area contributed by atoms with Crippen LogP contribution in [0.25, 0.3) is 0 Å². The van der Waals surface area contributed by atoms with Crippen LogP contribution in [-0.2, 0) is 16.0 Å². The molecule has 0 bridgehead atoms. The van der Waals surface area contributed by atoms with Crippen LogP contribution in [0, 0.1) is 6.92 Å². The lowest BCUT2D eigenvalue weighted by molar-refractivity contribution is -0.142. The molecule has 4 heteroatoms. The summed E-state index contributed by atoms with van der Waals surface area (Å²) < 4.78 is 4.99. The number of hydrogen-bond acceptors (Lipinski definition) is 4. The van der Waals surface area contributed by atoms with Crippen molar-refractivity contribution in [3.8, 4) is 0 Å². The predicted octanol–water partition coefficient (Wildman–Crippen LogP) is 1.90. The maximum absolute atomic E-state index is 11.5. The number of nitrogens with one attached hydrogen (secondary N) is 1. The summed E-state index contributed by atoms with van der Waals surface area (Å²) in [6.45, 7) is 9.66. The Hall–Kier alpha value is -1.55. The van der Waals surface area contributed by atoms with E-state index in [1.54, 1.807) is 0 Å². The van der Waals surface area contributed by atoms with E-state index < -0.39 is 0 Å². The maximum Gasteiger partial charge on any atom is 0.310 e. The van der Waals surface area contributed by atoms with Crippen LogP contribution in [-0.4, -0.2) is 38.3 Å². The molecule has 1 aliphatic rings. The largest absolute Gasteiger partial charge is 0.466 e. The quantitative estimate of drug-likeness (QED) is 0.853. The van der Waals surface area contributed by atoms with E-state index in [1.165, 1.54) is 11.3 Å². The van der Waals surface area contributed by atoms with Gasteiger partial charge in [0.25, 0.3) is 0 Å². The van der Waals surface area contributed by atoms with E-state index in [4.69, 9.17) is 4.74 Å². The Kier molecular flexibility index (Phi) is 5.01. The molecular weight excluding hydrogens is 252 g/mol. The molecule has 1 N–H and O–H groups in total. The molecule has 0 radical (unpaired) electrons. The Morgan fingerprint density at radius 2 is 2.30 bits per heavy atom. The summed E-state index contributed by atoms with van der Waals surface area (Å²) in [5.74, 6) is -0.157. The molecule has 2 rings (SSSR count). The highest BCUT2D eigenvalue weighted by Crippen LogP contribution is 2.22. The Balaban J connectivity index is 2.07. The number of rotatable bonds is 4. The molecule has 1 heterocycles. The summed E-state index contributed by atoms with van der Waals surface area (Å²) in [5.41, 5.74) is 3.51. The van der Waals surface area contributed by atoms with Gasteiger partial charge in [-0.05, 0) is 38.0 Å². The summed E-state index contributed by atoms with van der Waals surface area (Å²) in [6, 6.07) is 6.77. The fourth-order valence-electron chi connectivity index (χ4n) is 2.71. The first kappa shape index (κ1) is 14.9. The van der Waals surface area contributed by atoms with Crippen LogP contribution in [0.5, 0.6) is 0 Å². The summed E-state index contributed by atoms with van der Waals surface area (Å²) in [5, 5.41) is 3.45. The summed E-state index contributed by atoms with van der Waals surface area (Å²) >= 11 is 0. The number of benzene rings is 1. The molecule has 0 aliphatic carbocycles. The van der Waals surface area contributed by atoms with Crippen LogP contribution >= 0.6 is 0 Å². The number of aryl methyl sites for hydroxylation is 1. The molecule has 0 aromatic heterocycles. The molecule has 1 aliphatic heterocycles. The first-order valence-electron chi connectivity index (χ1n) is 7.33. The second-order valence-corrected chi connectivity index (χ2v) is 5.40. The highest BCUT2D eigenvalue weighted by molar-refractivity contribution is 5.73. The van der Waals surface area contributed by atoms with Crippen molar-refractivity contribution in [2.24, 2.45) is 0 Å². The van der Waals surface area contributed by atoms with Gasteiger partial charge in [0, 0.05) is 31.4 Å². The monoisotopic (exact) mass is 276 g/mol. The van der Waals surface area contributed by atoms with Crippen molar-refractivity contribution in [2.75, 3.05) is 31.1 Å². The van der Waals surface area contributed by atoms with E-state index >= 15 is 0 Å². The van der Waals surface area contributed by atoms with Crippen LogP contribution < -0.4 is 10.2 Å². The SMILES string of the molecule is CCOC(=O)Cc1ccc(N2CCN[C@H](C)C2)c(C)c1. The molecule has 1 atom stereocenters. The van der Waals surface area contributed by atoms with Crippen molar-refractivity contribution in [1.29, 1.82) is 0 Å². The Bertz CT molecular complexity index is 474. The minimum atomic E-state index is -0.157. The third-order valence-electron chi connectivity index (χ3n) is 3.62. The lowest BCUT2D eigenvalue weighted by Crippen LogP contribution is -2.49. The normalized spacial score (nSPS) is 18.9. The second kappa shape index (κ2) is 6.75. The average molecular weight is 276 g/mol. The number of anilines is 1. The highest BCUT2D eigenvalue weighted by atomic mass is 16.5. The van der Waals surface area contributed by atoms with Gasteiger partial charge in [-0.2, -0.15) is 0 Å². The van der Waals surface area contributed by atoms with Crippen molar-refractivity contribution in [3.05, 3.63) is 29.3 Å². The van der Waals surface area contributed by atoms with Crippen LogP contribution in [0.1, 0.15) is 25.0 Å². The molecule has 20 heavy (non-hydrogen) atoms. The van der Waals surface area contributed by atoms with Crippen LogP contribution in [0.3, 0.4) is 0 Å². The molecule has 1 fully saturated rings. The standard InChI is InChI=1S/C16H24N2O2/c1-4-20-16(19)10-14-5-6-15(12(2)9-14)18-8-7-17-13(3)11-18/h5-6,9,13,17H,4,7-8,10-11H2,1-3H3/t13-/m1/s1. The van der Waals surface area contributed by atoms with Crippen molar-refractivity contribution in [3.63, 3.8) is 0 Å². The zero-order valence-corrected chi connectivity index (χ0v) is 12.6. The van der Waals surface area contributed by atoms with Gasteiger partial charge in [-0.1, -0.05) is 12.1 Å². The van der Waals surface area contributed by atoms with E-state index in [-0.39, 0.29) is 5.97 Å². The minimum absolute atomic E-state index is 0.157. The fourth-order valence-corrected chi connectivity index (χ4v) is 2.71. The molecular formula is C16H24N2O2. The zero-order valence-electron chi connectivity index (χ0n) is 12.6. The maximum atomic E-state index is 11.5. The lowest BCUT2D eigenvalue weighted by atomic mass is 10.1. The van der Waals surface area contributed by atoms with Crippen molar-refractivity contribution in [1.82, 2.24) is 5.32 Å². The Morgan fingerprint density at radius 3 is 2.95 bits per heavy atom. The molecule has 0 saturated carbocycles. The van der Waals surface area contributed by atoms with E-state index in [1.807, 2.05) is 13.0 Å². The second-order valence-electron chi connectivity index (χ2n) is 5.40. The lowest BCUT2D eigenvalue weighted by Gasteiger charge is -2.34. The molecule has 1 aromatic rings. The van der Waals surface area contributed by atoms with Gasteiger partial charge < -0.3 is 15.0 Å². The van der Waals surface area contributed by atoms with E-state index in [9.17, 15) is 4.79 Å². The van der Waals surface area contributed by atoms with E-state index in [0.717, 1.165) is 25.2 Å². The first-order chi connectivity index (χ1) is 9.60. The smallest absolute Gasteiger partial charge is 0.310 e. The highest BCUT2D eigenvalue weighted by Gasteiger charge is 2.17. The van der Waals surface area contributed by atoms with Crippen LogP contribution in [0.4, 0.5) is 5.69 Å². The van der Waals surface area contributed by atoms with Gasteiger partial charge in [-0.15, -0.1) is 0 Å². The summed E-state index contributed by atoms with van der Waals surface area (Å²) in [7, 11) is 0. The number of carbonyl (C=O) groups is 1. The third-order valence-corrected chi connectivity index (χ3v) is 3.62. The van der Waals surface area contributed by atoms with Gasteiger partial charge in [-0.25, -0.2) is 0 Å². The number of ether oxygens (including phenoxy) is 1. The van der Waals surface area contributed by atoms with Crippen molar-refractivity contribution < 1.29 is 9.53 Å². The average Bonchev–Trinajstić information content (AvgIpc) is 2.39. The van der Waals surface area contributed by atoms with Gasteiger partial charge in [-0.3, -0.25) is 4.79 Å². The molecule has 0 spiro atoms. The van der Waals surface area contributed by atoms with E-state index in [0.29, 0.717) is 19.1 Å². The Labute approximate surface area is 121 Å². The van der Waals surface area contributed by atoms with Crippen molar-refractivity contribution in [2.45, 2.75) is 33.2 Å². The van der Waals surface area contributed by atoms with Crippen molar-refractivity contribution >= 4 is 11.7 Å². The molecule has 4 nitrogen and oxygen atoms in total. The van der Waals surface area contributed by atoms with Gasteiger partial charge in [0.1, 0.15) is 0 Å². The summed E-state index contributed by atoms with van der Waals surface area (Å²) in [4.78, 5) is 13.9. The molecule has 0 unspecified atom stereocenters. The van der Waals surface area contributed by atoms with Gasteiger partial charge in [0.05, 0.1) is 13.0 Å². The van der Waals surface area contributed by atoms with Gasteiger partial charge >= 0.3 is 5.97 Å². The molecule has 0 amide bonds. The summed E-state index contributed by atoms with van der Waals surface area (Å²) in [6.07, 6.45) is 0.354. The minimum Gasteiger partial charge on any atom is -0.466 e. The number of esters is 1. The number of piperazine rings is 1. The number of hydrogen-bond donors (Lipinski definition) is 1. The zero-order chi connectivity index (χ0) is 14.5. The molecule has 110 valence electrons. The number of carbonyl (C=O) groups excluding carboxylic acids is 1. The fraction of sp³-hybridized carbons (Fsp3) is 0.562. The number of nitrogens with zero attached hydrogens (tertiary/aromatic N) is 1. The third kappa shape index (κ3) is 3.73. The van der Waals surface area contributed by atoms with Gasteiger partial charge in [0.2, 0.25) is 0 Å². The van der Waals surface area contributed by atoms with Crippen LogP contribution in [0.2, 0.25) is 0 Å². The van der Waals surface area contributed by atoms with Crippen LogP contribution in [0.15, 0.2) is 18.2 Å². The Morgan fingerprint density at radius 1 is 1.50 bits per heavy atom. The molecule has 1 aromatic carbocycles. The molecule has 1 saturated heterocycles. The van der Waals surface area contributed by atoms with E-state index in [2.05, 4.69) is 36.2 Å².